The quantitative estimate of drug-likeness (QED) is 0.609. The van der Waals surface area contributed by atoms with Crippen molar-refractivity contribution >= 4 is 22.1 Å². The lowest BCUT2D eigenvalue weighted by atomic mass is 9.96. The molecule has 0 aromatic heterocycles. The van der Waals surface area contributed by atoms with E-state index in [2.05, 4.69) is 10.6 Å². The number of rotatable bonds is 6. The first kappa shape index (κ1) is 19.0. The summed E-state index contributed by atoms with van der Waals surface area (Å²) < 4.78 is 26.5. The Labute approximate surface area is 147 Å². The Morgan fingerprint density at radius 3 is 2.32 bits per heavy atom. The van der Waals surface area contributed by atoms with Crippen molar-refractivity contribution in [3.8, 4) is 0 Å². The second kappa shape index (κ2) is 8.70. The molecule has 1 fully saturated rings. The fraction of sp³-hybridized carbons (Fsp3) is 0.500. The van der Waals surface area contributed by atoms with E-state index in [9.17, 15) is 18.0 Å². The van der Waals surface area contributed by atoms with E-state index in [1.54, 1.807) is 12.1 Å². The van der Waals surface area contributed by atoms with Crippen molar-refractivity contribution in [2.75, 3.05) is 6.54 Å². The third-order valence-corrected chi connectivity index (χ3v) is 5.44. The number of amides is 3. The fourth-order valence-electron chi connectivity index (χ4n) is 2.79. The fourth-order valence-corrected chi connectivity index (χ4v) is 3.71. The van der Waals surface area contributed by atoms with E-state index in [4.69, 9.17) is 5.11 Å². The highest BCUT2D eigenvalue weighted by atomic mass is 32.2. The van der Waals surface area contributed by atoms with Gasteiger partial charge in [0.2, 0.25) is 0 Å². The van der Waals surface area contributed by atoms with Crippen LogP contribution in [0.25, 0.3) is 0 Å². The lowest BCUT2D eigenvalue weighted by Crippen LogP contribution is -2.45. The molecule has 1 saturated carbocycles. The molecule has 0 spiro atoms. The monoisotopic (exact) mass is 369 g/mol. The molecule has 1 aliphatic carbocycles. The lowest BCUT2D eigenvalue weighted by molar-refractivity contribution is 0.194. The first-order valence-electron chi connectivity index (χ1n) is 8.26. The first-order valence-corrected chi connectivity index (χ1v) is 9.74. The third kappa shape index (κ3) is 6.26. The Balaban J connectivity index is 1.89. The van der Waals surface area contributed by atoms with Gasteiger partial charge in [0.25, 0.3) is 10.0 Å². The number of sulfonamides is 1. The van der Waals surface area contributed by atoms with E-state index in [1.165, 1.54) is 12.1 Å². The summed E-state index contributed by atoms with van der Waals surface area (Å²) in [6, 6.07) is 5.29. The molecule has 0 saturated heterocycles. The third-order valence-electron chi connectivity index (χ3n) is 4.09. The minimum atomic E-state index is -3.93. The Kier molecular flexibility index (Phi) is 6.63. The Morgan fingerprint density at radius 2 is 1.72 bits per heavy atom. The summed E-state index contributed by atoms with van der Waals surface area (Å²) in [5.74, 6) is 0. The van der Waals surface area contributed by atoms with Crippen LogP contribution in [0.5, 0.6) is 0 Å². The Bertz CT molecular complexity index is 697. The highest BCUT2D eigenvalue weighted by Gasteiger charge is 2.21. The Morgan fingerprint density at radius 1 is 1.08 bits per heavy atom. The van der Waals surface area contributed by atoms with Gasteiger partial charge >= 0.3 is 12.1 Å². The highest BCUT2D eigenvalue weighted by molar-refractivity contribution is 7.90. The summed E-state index contributed by atoms with van der Waals surface area (Å²) in [4.78, 5) is 22.3. The van der Waals surface area contributed by atoms with Crippen molar-refractivity contribution in [3.63, 3.8) is 0 Å². The van der Waals surface area contributed by atoms with Crippen LogP contribution in [0.1, 0.15) is 37.7 Å². The van der Waals surface area contributed by atoms with E-state index in [1.807, 2.05) is 4.72 Å². The van der Waals surface area contributed by atoms with E-state index in [0.717, 1.165) is 37.7 Å². The highest BCUT2D eigenvalue weighted by Crippen LogP contribution is 2.17. The van der Waals surface area contributed by atoms with Crippen molar-refractivity contribution in [1.82, 2.24) is 15.4 Å². The molecular formula is C16H23N3O5S. The molecule has 1 aliphatic rings. The van der Waals surface area contributed by atoms with Crippen molar-refractivity contribution in [3.05, 3.63) is 29.8 Å². The minimum Gasteiger partial charge on any atom is -0.465 e. The van der Waals surface area contributed by atoms with Crippen LogP contribution in [0.3, 0.4) is 0 Å². The predicted molar refractivity (Wildman–Crippen MR) is 91.9 cm³/mol. The van der Waals surface area contributed by atoms with Gasteiger partial charge in [0.15, 0.2) is 0 Å². The zero-order valence-corrected chi connectivity index (χ0v) is 14.6. The number of urea groups is 1. The van der Waals surface area contributed by atoms with E-state index in [0.29, 0.717) is 6.42 Å². The van der Waals surface area contributed by atoms with Gasteiger partial charge in [0.1, 0.15) is 0 Å². The molecule has 1 aromatic rings. The maximum atomic E-state index is 12.2. The first-order chi connectivity index (χ1) is 11.9. The summed E-state index contributed by atoms with van der Waals surface area (Å²) in [7, 11) is -3.93. The van der Waals surface area contributed by atoms with Crippen LogP contribution < -0.4 is 15.4 Å². The van der Waals surface area contributed by atoms with Gasteiger partial charge in [0, 0.05) is 12.6 Å². The molecule has 8 nitrogen and oxygen atoms in total. The van der Waals surface area contributed by atoms with E-state index in [-0.39, 0.29) is 17.5 Å². The number of carbonyl (C=O) groups is 2. The number of hydrogen-bond donors (Lipinski definition) is 4. The summed E-state index contributed by atoms with van der Waals surface area (Å²) in [6.07, 6.45) is 4.30. The Hall–Kier alpha value is -2.29. The van der Waals surface area contributed by atoms with Gasteiger partial charge in [-0.15, -0.1) is 0 Å². The van der Waals surface area contributed by atoms with Gasteiger partial charge in [-0.2, -0.15) is 0 Å². The van der Waals surface area contributed by atoms with Crippen molar-refractivity contribution < 1.29 is 23.1 Å². The van der Waals surface area contributed by atoms with Crippen LogP contribution in [0, 0.1) is 0 Å². The molecule has 138 valence electrons. The molecule has 0 radical (unpaired) electrons. The lowest BCUT2D eigenvalue weighted by Gasteiger charge is -2.22. The maximum absolute atomic E-state index is 12.2. The molecule has 9 heteroatoms. The topological polar surface area (TPSA) is 125 Å². The zero-order chi connectivity index (χ0) is 18.3. The summed E-state index contributed by atoms with van der Waals surface area (Å²) in [5, 5.41) is 13.4. The van der Waals surface area contributed by atoms with Crippen molar-refractivity contribution in [1.29, 1.82) is 0 Å². The molecule has 25 heavy (non-hydrogen) atoms. The molecule has 0 aliphatic heterocycles. The molecule has 4 N–H and O–H groups in total. The van der Waals surface area contributed by atoms with Crippen LogP contribution in [0.2, 0.25) is 0 Å². The number of benzene rings is 1. The zero-order valence-electron chi connectivity index (χ0n) is 13.8. The summed E-state index contributed by atoms with van der Waals surface area (Å²) >= 11 is 0. The van der Waals surface area contributed by atoms with Gasteiger partial charge in [0.05, 0.1) is 4.90 Å². The van der Waals surface area contributed by atoms with Gasteiger partial charge < -0.3 is 15.7 Å². The van der Waals surface area contributed by atoms with Crippen LogP contribution >= 0.6 is 0 Å². The van der Waals surface area contributed by atoms with Crippen LogP contribution in [0.15, 0.2) is 29.2 Å². The second-order valence-corrected chi connectivity index (χ2v) is 7.72. The van der Waals surface area contributed by atoms with Crippen LogP contribution in [0.4, 0.5) is 9.59 Å². The predicted octanol–water partition coefficient (Wildman–Crippen LogP) is 1.82. The molecule has 2 rings (SSSR count). The number of nitrogens with one attached hydrogen (secondary N) is 3. The summed E-state index contributed by atoms with van der Waals surface area (Å²) in [6.45, 7) is 0.240. The molecule has 0 atom stereocenters. The van der Waals surface area contributed by atoms with Gasteiger partial charge in [-0.3, -0.25) is 0 Å². The van der Waals surface area contributed by atoms with Crippen LogP contribution in [-0.2, 0) is 16.4 Å². The van der Waals surface area contributed by atoms with Gasteiger partial charge in [-0.1, -0.05) is 31.4 Å². The average molecular weight is 369 g/mol. The van der Waals surface area contributed by atoms with E-state index < -0.39 is 22.1 Å². The largest absolute Gasteiger partial charge is 0.465 e. The number of carbonyl (C=O) groups excluding carboxylic acids is 1. The molecule has 3 amide bonds. The molecule has 0 unspecified atom stereocenters. The molecule has 0 bridgehead atoms. The average Bonchev–Trinajstić information content (AvgIpc) is 2.55. The minimum absolute atomic E-state index is 0.0127. The standard InChI is InChI=1S/C16H23N3O5S/c20-15(18-13-4-2-1-3-5-13)19-25(23,24)14-8-6-12(7-9-14)10-11-17-16(21)22/h6-9,13,17H,1-5,10-11H2,(H,21,22)(H2,18,19,20). The normalized spacial score (nSPS) is 15.4. The summed E-state index contributed by atoms with van der Waals surface area (Å²) in [5.41, 5.74) is 0.791. The molecule has 1 aromatic carbocycles. The second-order valence-electron chi connectivity index (χ2n) is 6.04. The van der Waals surface area contributed by atoms with Crippen molar-refractivity contribution in [2.45, 2.75) is 49.5 Å². The van der Waals surface area contributed by atoms with Crippen molar-refractivity contribution in [2.24, 2.45) is 0 Å². The van der Waals surface area contributed by atoms with Gasteiger partial charge in [-0.25, -0.2) is 22.7 Å². The smallest absolute Gasteiger partial charge is 0.404 e. The number of hydrogen-bond acceptors (Lipinski definition) is 4. The molecular weight excluding hydrogens is 346 g/mol. The SMILES string of the molecule is O=C(O)NCCc1ccc(S(=O)(=O)NC(=O)NC2CCCCC2)cc1. The maximum Gasteiger partial charge on any atom is 0.404 e. The molecule has 0 heterocycles. The van der Waals surface area contributed by atoms with E-state index >= 15 is 0 Å². The van der Waals surface area contributed by atoms with Gasteiger partial charge in [-0.05, 0) is 37.0 Å². The number of carboxylic acid groups (broad SMARTS) is 1. The van der Waals surface area contributed by atoms with Crippen LogP contribution in [-0.4, -0.2) is 38.2 Å².